The molecule has 1 amide bonds. The second kappa shape index (κ2) is 10.4. The van der Waals surface area contributed by atoms with Gasteiger partial charge in [-0.1, -0.05) is 30.3 Å². The quantitative estimate of drug-likeness (QED) is 0.628. The third-order valence-corrected chi connectivity index (χ3v) is 5.67. The van der Waals surface area contributed by atoms with Crippen LogP contribution in [0.3, 0.4) is 0 Å². The van der Waals surface area contributed by atoms with Crippen LogP contribution in [-0.4, -0.2) is 50.6 Å². The van der Waals surface area contributed by atoms with Crippen LogP contribution in [0, 0.1) is 13.8 Å². The Kier molecular flexibility index (Phi) is 8.17. The van der Waals surface area contributed by atoms with E-state index in [4.69, 9.17) is 4.74 Å². The monoisotopic (exact) mass is 403 g/mol. The molecule has 0 spiro atoms. The predicted octanol–water partition coefficient (Wildman–Crippen LogP) is 3.37. The number of aryl methyl sites for hydroxylation is 1. The topological polar surface area (TPSA) is 70.7 Å². The molecule has 0 aliphatic rings. The number of carbonyl (C=O) groups is 2. The Labute approximate surface area is 170 Å². The summed E-state index contributed by atoms with van der Waals surface area (Å²) in [5, 5.41) is 6.62. The van der Waals surface area contributed by atoms with Crippen molar-refractivity contribution in [1.29, 1.82) is 0 Å². The van der Waals surface area contributed by atoms with Gasteiger partial charge in [-0.05, 0) is 46.0 Å². The van der Waals surface area contributed by atoms with Crippen LogP contribution in [0.25, 0.3) is 0 Å². The number of hydrogen-bond donors (Lipinski definition) is 2. The standard InChI is InChI=1S/C21H29N3O3S/c1-6-27-21(26)19-14(2)15(3)28-20(19)23-18(25)13-22-12-17(24(4)5)16-10-8-7-9-11-16/h7-11,17,22H,6,12-13H2,1-5H3,(H,23,25)/t17-/m0/s1. The van der Waals surface area contributed by atoms with Gasteiger partial charge in [-0.2, -0.15) is 0 Å². The van der Waals surface area contributed by atoms with E-state index in [0.717, 1.165) is 10.4 Å². The lowest BCUT2D eigenvalue weighted by Gasteiger charge is -2.25. The largest absolute Gasteiger partial charge is 0.462 e. The van der Waals surface area contributed by atoms with E-state index in [1.807, 2.05) is 46.1 Å². The summed E-state index contributed by atoms with van der Waals surface area (Å²) in [6, 6.07) is 10.3. The number of rotatable bonds is 9. The summed E-state index contributed by atoms with van der Waals surface area (Å²) in [5.74, 6) is -0.582. The Morgan fingerprint density at radius 1 is 1.18 bits per heavy atom. The van der Waals surface area contributed by atoms with Gasteiger partial charge in [0.15, 0.2) is 0 Å². The zero-order valence-corrected chi connectivity index (χ0v) is 18.0. The molecular weight excluding hydrogens is 374 g/mol. The zero-order chi connectivity index (χ0) is 20.7. The maximum Gasteiger partial charge on any atom is 0.341 e. The first kappa shape index (κ1) is 22.1. The number of hydrogen-bond acceptors (Lipinski definition) is 6. The molecular formula is C21H29N3O3S. The van der Waals surface area contributed by atoms with E-state index in [2.05, 4.69) is 27.7 Å². The van der Waals surface area contributed by atoms with Crippen LogP contribution < -0.4 is 10.6 Å². The highest BCUT2D eigenvalue weighted by atomic mass is 32.1. The van der Waals surface area contributed by atoms with Gasteiger partial charge in [-0.15, -0.1) is 11.3 Å². The molecule has 152 valence electrons. The zero-order valence-electron chi connectivity index (χ0n) is 17.2. The minimum atomic E-state index is -0.399. The van der Waals surface area contributed by atoms with Crippen molar-refractivity contribution in [3.63, 3.8) is 0 Å². The number of likely N-dealkylation sites (N-methyl/N-ethyl adjacent to an activating group) is 1. The van der Waals surface area contributed by atoms with Crippen LogP contribution >= 0.6 is 11.3 Å². The third-order valence-electron chi connectivity index (χ3n) is 4.55. The lowest BCUT2D eigenvalue weighted by molar-refractivity contribution is -0.115. The number of anilines is 1. The Morgan fingerprint density at radius 3 is 2.46 bits per heavy atom. The van der Waals surface area contributed by atoms with Crippen molar-refractivity contribution < 1.29 is 14.3 Å². The molecule has 0 saturated carbocycles. The highest BCUT2D eigenvalue weighted by Crippen LogP contribution is 2.33. The molecule has 28 heavy (non-hydrogen) atoms. The van der Waals surface area contributed by atoms with Crippen molar-refractivity contribution in [3.05, 3.63) is 51.9 Å². The maximum absolute atomic E-state index is 12.4. The van der Waals surface area contributed by atoms with Gasteiger partial charge in [-0.3, -0.25) is 4.79 Å². The summed E-state index contributed by atoms with van der Waals surface area (Å²) >= 11 is 1.40. The summed E-state index contributed by atoms with van der Waals surface area (Å²) in [4.78, 5) is 27.8. The molecule has 1 atom stereocenters. The van der Waals surface area contributed by atoms with E-state index >= 15 is 0 Å². The summed E-state index contributed by atoms with van der Waals surface area (Å²) in [6.45, 7) is 6.66. The van der Waals surface area contributed by atoms with E-state index in [1.54, 1.807) is 6.92 Å². The average Bonchev–Trinajstić information content (AvgIpc) is 2.93. The number of benzene rings is 1. The summed E-state index contributed by atoms with van der Waals surface area (Å²) in [7, 11) is 4.03. The van der Waals surface area contributed by atoms with Crippen molar-refractivity contribution in [2.75, 3.05) is 39.1 Å². The van der Waals surface area contributed by atoms with E-state index < -0.39 is 5.97 Å². The number of thiophene rings is 1. The first-order chi connectivity index (χ1) is 13.3. The van der Waals surface area contributed by atoms with Gasteiger partial charge >= 0.3 is 5.97 Å². The minimum Gasteiger partial charge on any atom is -0.462 e. The Bertz CT molecular complexity index is 803. The van der Waals surface area contributed by atoms with Crippen LogP contribution in [-0.2, 0) is 9.53 Å². The predicted molar refractivity (Wildman–Crippen MR) is 114 cm³/mol. The van der Waals surface area contributed by atoms with E-state index in [9.17, 15) is 9.59 Å². The molecule has 0 saturated heterocycles. The van der Waals surface area contributed by atoms with Crippen molar-refractivity contribution in [3.8, 4) is 0 Å². The molecule has 0 aliphatic carbocycles. The van der Waals surface area contributed by atoms with E-state index in [0.29, 0.717) is 23.7 Å². The molecule has 2 aromatic rings. The van der Waals surface area contributed by atoms with Crippen LogP contribution in [0.5, 0.6) is 0 Å². The van der Waals surface area contributed by atoms with E-state index in [1.165, 1.54) is 16.9 Å². The fraction of sp³-hybridized carbons (Fsp3) is 0.429. The Hall–Kier alpha value is -2.22. The Balaban J connectivity index is 1.97. The smallest absolute Gasteiger partial charge is 0.341 e. The molecule has 0 aliphatic heterocycles. The minimum absolute atomic E-state index is 0.162. The van der Waals surface area contributed by atoms with Crippen LogP contribution in [0.15, 0.2) is 30.3 Å². The van der Waals surface area contributed by atoms with Gasteiger partial charge in [0.05, 0.1) is 18.7 Å². The van der Waals surface area contributed by atoms with Crippen LogP contribution in [0.2, 0.25) is 0 Å². The van der Waals surface area contributed by atoms with Crippen molar-refractivity contribution in [2.45, 2.75) is 26.8 Å². The molecule has 2 rings (SSSR count). The highest BCUT2D eigenvalue weighted by molar-refractivity contribution is 7.16. The SMILES string of the molecule is CCOC(=O)c1c(NC(=O)CNC[C@@H](c2ccccc2)N(C)C)sc(C)c1C. The fourth-order valence-corrected chi connectivity index (χ4v) is 4.00. The molecule has 0 unspecified atom stereocenters. The molecule has 1 aromatic carbocycles. The maximum atomic E-state index is 12.4. The molecule has 1 aromatic heterocycles. The van der Waals surface area contributed by atoms with Crippen LogP contribution in [0.1, 0.15) is 39.3 Å². The first-order valence-corrected chi connectivity index (χ1v) is 10.2. The summed E-state index contributed by atoms with van der Waals surface area (Å²) < 4.78 is 5.13. The number of esters is 1. The second-order valence-electron chi connectivity index (χ2n) is 6.78. The van der Waals surface area contributed by atoms with Gasteiger partial charge in [0.25, 0.3) is 0 Å². The number of ether oxygens (including phenoxy) is 1. The molecule has 1 heterocycles. The Morgan fingerprint density at radius 2 is 1.86 bits per heavy atom. The molecule has 0 bridgehead atoms. The molecule has 0 radical (unpaired) electrons. The molecule has 2 N–H and O–H groups in total. The summed E-state index contributed by atoms with van der Waals surface area (Å²) in [5.41, 5.74) is 2.49. The lowest BCUT2D eigenvalue weighted by atomic mass is 10.1. The van der Waals surface area contributed by atoms with Crippen LogP contribution in [0.4, 0.5) is 5.00 Å². The lowest BCUT2D eigenvalue weighted by Crippen LogP contribution is -2.35. The van der Waals surface area contributed by atoms with Gasteiger partial charge in [0.2, 0.25) is 5.91 Å². The van der Waals surface area contributed by atoms with E-state index in [-0.39, 0.29) is 18.5 Å². The third kappa shape index (κ3) is 5.64. The second-order valence-corrected chi connectivity index (χ2v) is 8.00. The number of nitrogens with one attached hydrogen (secondary N) is 2. The molecule has 7 heteroatoms. The van der Waals surface area contributed by atoms with Gasteiger partial charge < -0.3 is 20.3 Å². The normalized spacial score (nSPS) is 12.1. The number of carbonyl (C=O) groups excluding carboxylic acids is 2. The fourth-order valence-electron chi connectivity index (χ4n) is 2.93. The van der Waals surface area contributed by atoms with Gasteiger partial charge in [-0.25, -0.2) is 4.79 Å². The van der Waals surface area contributed by atoms with Crippen molar-refractivity contribution >= 4 is 28.2 Å². The first-order valence-electron chi connectivity index (χ1n) is 9.34. The average molecular weight is 404 g/mol. The van der Waals surface area contributed by atoms with Gasteiger partial charge in [0, 0.05) is 17.5 Å². The van der Waals surface area contributed by atoms with Crippen molar-refractivity contribution in [1.82, 2.24) is 10.2 Å². The molecule has 0 fully saturated rings. The molecule has 6 nitrogen and oxygen atoms in total. The highest BCUT2D eigenvalue weighted by Gasteiger charge is 2.22. The van der Waals surface area contributed by atoms with Crippen molar-refractivity contribution in [2.24, 2.45) is 0 Å². The van der Waals surface area contributed by atoms with Gasteiger partial charge in [0.1, 0.15) is 5.00 Å². The summed E-state index contributed by atoms with van der Waals surface area (Å²) in [6.07, 6.45) is 0. The number of amides is 1. The number of nitrogens with zero attached hydrogens (tertiary/aromatic N) is 1.